The molecule has 2 N–H and O–H groups in total. The van der Waals surface area contributed by atoms with Crippen LogP contribution in [0.3, 0.4) is 0 Å². The van der Waals surface area contributed by atoms with Gasteiger partial charge in [-0.1, -0.05) is 36.6 Å². The molecule has 8 nitrogen and oxygen atoms in total. The summed E-state index contributed by atoms with van der Waals surface area (Å²) >= 11 is 0. The van der Waals surface area contributed by atoms with E-state index in [0.29, 0.717) is 11.4 Å². The standard InChI is InChI=1S/C18H22N4O4/c1-12(23)19-14-9-5-6-10-15(14)25-11-16-21-18(26-22-16)17(24)20-13-7-3-2-4-8-13/h5-6,9-10,13H,2-4,7-8,11H2,1H3,(H,19,23)(H,20,24). The largest absolute Gasteiger partial charge is 0.483 e. The molecule has 0 spiro atoms. The monoisotopic (exact) mass is 358 g/mol. The van der Waals surface area contributed by atoms with Crippen LogP contribution < -0.4 is 15.4 Å². The van der Waals surface area contributed by atoms with Gasteiger partial charge in [0.15, 0.2) is 6.61 Å². The highest BCUT2D eigenvalue weighted by Crippen LogP contribution is 2.24. The Morgan fingerprint density at radius 2 is 2.00 bits per heavy atom. The summed E-state index contributed by atoms with van der Waals surface area (Å²) in [6, 6.07) is 7.21. The number of hydrogen-bond donors (Lipinski definition) is 2. The van der Waals surface area contributed by atoms with Gasteiger partial charge in [0.1, 0.15) is 5.75 Å². The Bertz CT molecular complexity index is 768. The zero-order valence-corrected chi connectivity index (χ0v) is 14.7. The number of benzene rings is 1. The first kappa shape index (κ1) is 17.9. The van der Waals surface area contributed by atoms with Gasteiger partial charge in [0, 0.05) is 13.0 Å². The average molecular weight is 358 g/mol. The summed E-state index contributed by atoms with van der Waals surface area (Å²) in [5.41, 5.74) is 0.554. The summed E-state index contributed by atoms with van der Waals surface area (Å²) in [6.07, 6.45) is 5.43. The molecule has 2 aromatic rings. The number of ether oxygens (including phenoxy) is 1. The number of nitrogens with zero attached hydrogens (tertiary/aromatic N) is 2. The summed E-state index contributed by atoms with van der Waals surface area (Å²) in [5.74, 6) is 0.137. The van der Waals surface area contributed by atoms with Crippen molar-refractivity contribution in [1.82, 2.24) is 15.5 Å². The number of aromatic nitrogens is 2. The van der Waals surface area contributed by atoms with Gasteiger partial charge in [-0.05, 0) is 25.0 Å². The van der Waals surface area contributed by atoms with Gasteiger partial charge < -0.3 is 19.9 Å². The van der Waals surface area contributed by atoms with Crippen molar-refractivity contribution < 1.29 is 18.8 Å². The summed E-state index contributed by atoms with van der Waals surface area (Å²) < 4.78 is 10.7. The summed E-state index contributed by atoms with van der Waals surface area (Å²) in [5, 5.41) is 9.39. The van der Waals surface area contributed by atoms with E-state index in [0.717, 1.165) is 25.7 Å². The van der Waals surface area contributed by atoms with Crippen molar-refractivity contribution in [3.63, 3.8) is 0 Å². The van der Waals surface area contributed by atoms with Crippen molar-refractivity contribution in [2.24, 2.45) is 0 Å². The van der Waals surface area contributed by atoms with Gasteiger partial charge in [-0.2, -0.15) is 4.98 Å². The highest BCUT2D eigenvalue weighted by Gasteiger charge is 2.21. The third kappa shape index (κ3) is 4.81. The van der Waals surface area contributed by atoms with E-state index < -0.39 is 0 Å². The fourth-order valence-corrected chi connectivity index (χ4v) is 2.93. The van der Waals surface area contributed by atoms with Crippen LogP contribution in [0.2, 0.25) is 0 Å². The number of carbonyl (C=O) groups is 2. The molecule has 1 saturated carbocycles. The number of anilines is 1. The van der Waals surface area contributed by atoms with Crippen LogP contribution in [0.1, 0.15) is 55.5 Å². The molecule has 0 bridgehead atoms. The molecule has 0 unspecified atom stereocenters. The van der Waals surface area contributed by atoms with Gasteiger partial charge >= 0.3 is 11.8 Å². The van der Waals surface area contributed by atoms with Gasteiger partial charge in [-0.3, -0.25) is 9.59 Å². The van der Waals surface area contributed by atoms with E-state index in [9.17, 15) is 9.59 Å². The van der Waals surface area contributed by atoms with E-state index in [1.807, 2.05) is 0 Å². The second-order valence-corrected chi connectivity index (χ2v) is 6.29. The van der Waals surface area contributed by atoms with Crippen molar-refractivity contribution >= 4 is 17.5 Å². The molecule has 1 heterocycles. The van der Waals surface area contributed by atoms with Gasteiger partial charge in [0.2, 0.25) is 11.7 Å². The van der Waals surface area contributed by atoms with Crippen molar-refractivity contribution in [1.29, 1.82) is 0 Å². The lowest BCUT2D eigenvalue weighted by Crippen LogP contribution is -2.36. The summed E-state index contributed by atoms with van der Waals surface area (Å²) in [6.45, 7) is 1.45. The van der Waals surface area contributed by atoms with Crippen LogP contribution >= 0.6 is 0 Å². The Kier molecular flexibility index (Phi) is 5.83. The first-order valence-electron chi connectivity index (χ1n) is 8.74. The maximum atomic E-state index is 12.2. The lowest BCUT2D eigenvalue weighted by Gasteiger charge is -2.21. The van der Waals surface area contributed by atoms with Crippen molar-refractivity contribution in [3.05, 3.63) is 36.0 Å². The Balaban J connectivity index is 1.57. The minimum Gasteiger partial charge on any atom is -0.483 e. The van der Waals surface area contributed by atoms with Crippen LogP contribution in [0.25, 0.3) is 0 Å². The van der Waals surface area contributed by atoms with Gasteiger partial charge in [-0.15, -0.1) is 0 Å². The second-order valence-electron chi connectivity index (χ2n) is 6.29. The van der Waals surface area contributed by atoms with Gasteiger partial charge in [0.05, 0.1) is 5.69 Å². The molecule has 0 aliphatic heterocycles. The van der Waals surface area contributed by atoms with Crippen molar-refractivity contribution in [3.8, 4) is 5.75 Å². The van der Waals surface area contributed by atoms with Crippen molar-refractivity contribution in [2.45, 2.75) is 51.7 Å². The number of rotatable bonds is 6. The van der Waals surface area contributed by atoms with E-state index >= 15 is 0 Å². The van der Waals surface area contributed by atoms with Crippen LogP contribution in [0, 0.1) is 0 Å². The molecule has 0 saturated heterocycles. The second kappa shape index (κ2) is 8.46. The maximum Gasteiger partial charge on any atom is 0.316 e. The lowest BCUT2D eigenvalue weighted by atomic mass is 9.95. The van der Waals surface area contributed by atoms with Crippen LogP contribution in [0.15, 0.2) is 28.8 Å². The smallest absolute Gasteiger partial charge is 0.316 e. The zero-order valence-electron chi connectivity index (χ0n) is 14.7. The van der Waals surface area contributed by atoms with Crippen LogP contribution in [0.5, 0.6) is 5.75 Å². The molecule has 1 fully saturated rings. The van der Waals surface area contributed by atoms with Crippen LogP contribution in [-0.2, 0) is 11.4 Å². The quantitative estimate of drug-likeness (QED) is 0.822. The first-order valence-corrected chi connectivity index (χ1v) is 8.74. The molecular weight excluding hydrogens is 336 g/mol. The molecule has 1 aromatic heterocycles. The number of amides is 2. The number of hydrogen-bond acceptors (Lipinski definition) is 6. The average Bonchev–Trinajstić information content (AvgIpc) is 3.10. The number of para-hydroxylation sites is 2. The predicted molar refractivity (Wildman–Crippen MR) is 93.7 cm³/mol. The fraction of sp³-hybridized carbons (Fsp3) is 0.444. The molecule has 2 amide bonds. The Labute approximate surface area is 151 Å². The van der Waals surface area contributed by atoms with Gasteiger partial charge in [0.25, 0.3) is 0 Å². The Morgan fingerprint density at radius 1 is 1.23 bits per heavy atom. The Morgan fingerprint density at radius 3 is 2.77 bits per heavy atom. The van der Waals surface area contributed by atoms with E-state index in [-0.39, 0.29) is 36.2 Å². The Hall–Kier alpha value is -2.90. The number of nitrogens with one attached hydrogen (secondary N) is 2. The minimum absolute atomic E-state index is 0.0246. The molecule has 26 heavy (non-hydrogen) atoms. The van der Waals surface area contributed by atoms with E-state index in [1.54, 1.807) is 24.3 Å². The molecule has 3 rings (SSSR count). The minimum atomic E-state index is -0.353. The summed E-state index contributed by atoms with van der Waals surface area (Å²) in [4.78, 5) is 27.5. The lowest BCUT2D eigenvalue weighted by molar-refractivity contribution is -0.114. The molecule has 0 atom stereocenters. The molecule has 0 radical (unpaired) electrons. The normalized spacial score (nSPS) is 14.7. The van der Waals surface area contributed by atoms with E-state index in [2.05, 4.69) is 20.8 Å². The van der Waals surface area contributed by atoms with Crippen molar-refractivity contribution in [2.75, 3.05) is 5.32 Å². The third-order valence-electron chi connectivity index (χ3n) is 4.16. The molecule has 8 heteroatoms. The van der Waals surface area contributed by atoms with Gasteiger partial charge in [-0.25, -0.2) is 0 Å². The third-order valence-corrected chi connectivity index (χ3v) is 4.16. The summed E-state index contributed by atoms with van der Waals surface area (Å²) in [7, 11) is 0. The van der Waals surface area contributed by atoms with Crippen LogP contribution in [-0.4, -0.2) is 28.0 Å². The molecular formula is C18H22N4O4. The number of carbonyl (C=O) groups excluding carboxylic acids is 2. The fourth-order valence-electron chi connectivity index (χ4n) is 2.93. The molecule has 1 aliphatic rings. The highest BCUT2D eigenvalue weighted by molar-refractivity contribution is 5.90. The molecule has 1 aromatic carbocycles. The SMILES string of the molecule is CC(=O)Nc1ccccc1OCc1noc(C(=O)NC2CCCCC2)n1. The van der Waals surface area contributed by atoms with E-state index in [4.69, 9.17) is 9.26 Å². The maximum absolute atomic E-state index is 12.2. The topological polar surface area (TPSA) is 106 Å². The molecule has 138 valence electrons. The molecule has 1 aliphatic carbocycles. The highest BCUT2D eigenvalue weighted by atomic mass is 16.5. The first-order chi connectivity index (χ1) is 12.6. The zero-order chi connectivity index (χ0) is 18.4. The van der Waals surface area contributed by atoms with Crippen LogP contribution in [0.4, 0.5) is 5.69 Å². The predicted octanol–water partition coefficient (Wildman–Crippen LogP) is 2.67. The van der Waals surface area contributed by atoms with E-state index in [1.165, 1.54) is 13.3 Å².